The summed E-state index contributed by atoms with van der Waals surface area (Å²) >= 11 is 11.9. The standard InChI is InChI=1S/C11H16Cl2N2O/c1-16-5-4-15-11(7-14)9-3-2-8(12)6-10(9)13/h2-3,6,11,15H,4-5,7,14H2,1H3. The predicted molar refractivity (Wildman–Crippen MR) is 68.1 cm³/mol. The Morgan fingerprint density at radius 1 is 1.44 bits per heavy atom. The Bertz CT molecular complexity index is 334. The minimum absolute atomic E-state index is 0.0277. The van der Waals surface area contributed by atoms with Crippen molar-refractivity contribution >= 4 is 23.2 Å². The largest absolute Gasteiger partial charge is 0.383 e. The van der Waals surface area contributed by atoms with Gasteiger partial charge in [-0.2, -0.15) is 0 Å². The van der Waals surface area contributed by atoms with Gasteiger partial charge in [0.2, 0.25) is 0 Å². The molecule has 1 unspecified atom stereocenters. The van der Waals surface area contributed by atoms with Gasteiger partial charge in [-0.1, -0.05) is 29.3 Å². The van der Waals surface area contributed by atoms with E-state index >= 15 is 0 Å². The molecular weight excluding hydrogens is 247 g/mol. The van der Waals surface area contributed by atoms with E-state index in [1.165, 1.54) is 0 Å². The second-order valence-corrected chi connectivity index (χ2v) is 4.24. The fraction of sp³-hybridized carbons (Fsp3) is 0.455. The van der Waals surface area contributed by atoms with Crippen molar-refractivity contribution in [2.24, 2.45) is 5.73 Å². The lowest BCUT2D eigenvalue weighted by Crippen LogP contribution is -2.30. The zero-order valence-electron chi connectivity index (χ0n) is 9.17. The van der Waals surface area contributed by atoms with Crippen molar-refractivity contribution in [2.45, 2.75) is 6.04 Å². The number of methoxy groups -OCH3 is 1. The number of nitrogens with one attached hydrogen (secondary N) is 1. The Morgan fingerprint density at radius 3 is 2.75 bits per heavy atom. The quantitative estimate of drug-likeness (QED) is 0.774. The van der Waals surface area contributed by atoms with Crippen LogP contribution in [0.25, 0.3) is 0 Å². The molecule has 0 heterocycles. The molecular formula is C11H16Cl2N2O. The molecule has 90 valence electrons. The molecule has 0 aliphatic rings. The SMILES string of the molecule is COCCNC(CN)c1ccc(Cl)cc1Cl. The van der Waals surface area contributed by atoms with Crippen LogP contribution in [0.5, 0.6) is 0 Å². The molecule has 3 N–H and O–H groups in total. The van der Waals surface area contributed by atoms with E-state index in [1.54, 1.807) is 13.2 Å². The number of hydrogen-bond acceptors (Lipinski definition) is 3. The van der Waals surface area contributed by atoms with E-state index in [0.29, 0.717) is 23.2 Å². The predicted octanol–water partition coefficient (Wildman–Crippen LogP) is 2.23. The normalized spacial score (nSPS) is 12.8. The zero-order chi connectivity index (χ0) is 12.0. The van der Waals surface area contributed by atoms with Crippen LogP contribution in [0.3, 0.4) is 0 Å². The number of benzene rings is 1. The first-order valence-electron chi connectivity index (χ1n) is 5.06. The highest BCUT2D eigenvalue weighted by Crippen LogP contribution is 2.25. The Labute approximate surface area is 106 Å². The number of nitrogens with two attached hydrogens (primary N) is 1. The van der Waals surface area contributed by atoms with Crippen LogP contribution < -0.4 is 11.1 Å². The Kier molecular flexibility index (Phi) is 6.09. The second-order valence-electron chi connectivity index (χ2n) is 3.40. The van der Waals surface area contributed by atoms with E-state index in [2.05, 4.69) is 5.32 Å². The summed E-state index contributed by atoms with van der Waals surface area (Å²) in [6.45, 7) is 1.85. The lowest BCUT2D eigenvalue weighted by molar-refractivity contribution is 0.196. The van der Waals surface area contributed by atoms with Gasteiger partial charge in [-0.05, 0) is 17.7 Å². The Balaban J connectivity index is 2.70. The van der Waals surface area contributed by atoms with Crippen molar-refractivity contribution < 1.29 is 4.74 Å². The fourth-order valence-corrected chi connectivity index (χ4v) is 1.98. The van der Waals surface area contributed by atoms with Crippen LogP contribution in [-0.4, -0.2) is 26.8 Å². The highest BCUT2D eigenvalue weighted by molar-refractivity contribution is 6.35. The minimum Gasteiger partial charge on any atom is -0.383 e. The van der Waals surface area contributed by atoms with Gasteiger partial charge in [0.15, 0.2) is 0 Å². The molecule has 16 heavy (non-hydrogen) atoms. The Hall–Kier alpha value is -0.320. The molecule has 0 amide bonds. The fourth-order valence-electron chi connectivity index (χ4n) is 1.44. The molecule has 0 spiro atoms. The van der Waals surface area contributed by atoms with Gasteiger partial charge in [0, 0.05) is 36.3 Å². The van der Waals surface area contributed by atoms with Crippen molar-refractivity contribution in [2.75, 3.05) is 26.8 Å². The topological polar surface area (TPSA) is 47.3 Å². The van der Waals surface area contributed by atoms with Gasteiger partial charge in [-0.3, -0.25) is 0 Å². The summed E-state index contributed by atoms with van der Waals surface area (Å²) in [5.74, 6) is 0. The van der Waals surface area contributed by atoms with Gasteiger partial charge in [-0.25, -0.2) is 0 Å². The molecule has 1 atom stereocenters. The molecule has 1 rings (SSSR count). The first kappa shape index (κ1) is 13.7. The van der Waals surface area contributed by atoms with Crippen LogP contribution >= 0.6 is 23.2 Å². The van der Waals surface area contributed by atoms with Gasteiger partial charge in [-0.15, -0.1) is 0 Å². The maximum atomic E-state index is 6.10. The van der Waals surface area contributed by atoms with E-state index in [-0.39, 0.29) is 6.04 Å². The molecule has 0 aromatic heterocycles. The van der Waals surface area contributed by atoms with Crippen molar-refractivity contribution in [1.82, 2.24) is 5.32 Å². The van der Waals surface area contributed by atoms with Crippen LogP contribution in [0, 0.1) is 0 Å². The monoisotopic (exact) mass is 262 g/mol. The van der Waals surface area contributed by atoms with E-state index in [0.717, 1.165) is 12.1 Å². The summed E-state index contributed by atoms with van der Waals surface area (Å²) in [7, 11) is 1.66. The molecule has 0 aliphatic heterocycles. The third-order valence-electron chi connectivity index (χ3n) is 2.27. The highest BCUT2D eigenvalue weighted by Gasteiger charge is 2.12. The van der Waals surface area contributed by atoms with Gasteiger partial charge >= 0.3 is 0 Å². The van der Waals surface area contributed by atoms with Crippen molar-refractivity contribution in [1.29, 1.82) is 0 Å². The molecule has 0 aliphatic carbocycles. The van der Waals surface area contributed by atoms with Gasteiger partial charge in [0.05, 0.1) is 6.61 Å². The van der Waals surface area contributed by atoms with E-state index < -0.39 is 0 Å². The average molecular weight is 263 g/mol. The van der Waals surface area contributed by atoms with Gasteiger partial charge < -0.3 is 15.8 Å². The van der Waals surface area contributed by atoms with Crippen molar-refractivity contribution in [3.05, 3.63) is 33.8 Å². The van der Waals surface area contributed by atoms with Gasteiger partial charge in [0.25, 0.3) is 0 Å². The number of ether oxygens (including phenoxy) is 1. The molecule has 5 heteroatoms. The molecule has 1 aromatic carbocycles. The first-order valence-corrected chi connectivity index (χ1v) is 5.82. The third-order valence-corrected chi connectivity index (χ3v) is 2.83. The first-order chi connectivity index (χ1) is 7.69. The lowest BCUT2D eigenvalue weighted by Gasteiger charge is -2.18. The molecule has 0 bridgehead atoms. The number of rotatable bonds is 6. The summed E-state index contributed by atoms with van der Waals surface area (Å²) in [6, 6.07) is 5.45. The summed E-state index contributed by atoms with van der Waals surface area (Å²) in [5.41, 5.74) is 6.66. The second kappa shape index (κ2) is 7.09. The summed E-state index contributed by atoms with van der Waals surface area (Å²) in [4.78, 5) is 0. The lowest BCUT2D eigenvalue weighted by atomic mass is 10.1. The smallest absolute Gasteiger partial charge is 0.0587 e. The van der Waals surface area contributed by atoms with Crippen LogP contribution in [0.4, 0.5) is 0 Å². The molecule has 0 saturated heterocycles. The minimum atomic E-state index is 0.0277. The van der Waals surface area contributed by atoms with E-state index in [9.17, 15) is 0 Å². The number of halogens is 2. The average Bonchev–Trinajstić information content (AvgIpc) is 2.26. The highest BCUT2D eigenvalue weighted by atomic mass is 35.5. The maximum absolute atomic E-state index is 6.10. The third kappa shape index (κ3) is 3.92. The van der Waals surface area contributed by atoms with Crippen LogP contribution in [0.1, 0.15) is 11.6 Å². The maximum Gasteiger partial charge on any atom is 0.0587 e. The zero-order valence-corrected chi connectivity index (χ0v) is 10.7. The molecule has 0 fully saturated rings. The molecule has 0 radical (unpaired) electrons. The van der Waals surface area contributed by atoms with Gasteiger partial charge in [0.1, 0.15) is 0 Å². The number of hydrogen-bond donors (Lipinski definition) is 2. The van der Waals surface area contributed by atoms with Crippen molar-refractivity contribution in [3.8, 4) is 0 Å². The Morgan fingerprint density at radius 2 is 2.19 bits per heavy atom. The summed E-state index contributed by atoms with van der Waals surface area (Å²) in [5, 5.41) is 4.53. The summed E-state index contributed by atoms with van der Waals surface area (Å²) in [6.07, 6.45) is 0. The van der Waals surface area contributed by atoms with E-state index in [4.69, 9.17) is 33.7 Å². The molecule has 0 saturated carbocycles. The van der Waals surface area contributed by atoms with Crippen LogP contribution in [0.2, 0.25) is 10.0 Å². The van der Waals surface area contributed by atoms with Crippen LogP contribution in [-0.2, 0) is 4.74 Å². The molecule has 3 nitrogen and oxygen atoms in total. The van der Waals surface area contributed by atoms with Crippen molar-refractivity contribution in [3.63, 3.8) is 0 Å². The van der Waals surface area contributed by atoms with E-state index in [1.807, 2.05) is 12.1 Å². The summed E-state index contributed by atoms with van der Waals surface area (Å²) < 4.78 is 4.96. The molecule has 1 aromatic rings. The van der Waals surface area contributed by atoms with Crippen LogP contribution in [0.15, 0.2) is 18.2 Å².